The van der Waals surface area contributed by atoms with Gasteiger partial charge in [-0.2, -0.15) is 0 Å². The standard InChI is InChI=1S/C14H31N/c1-5-8-9-14(4)10-13-15(11-6-2)12-7-3/h14H,5-13H2,1-4H3/t14-/m1/s1. The van der Waals surface area contributed by atoms with E-state index in [0.717, 1.165) is 5.92 Å². The Morgan fingerprint density at radius 1 is 0.800 bits per heavy atom. The first-order valence-corrected chi connectivity index (χ1v) is 6.96. The molecule has 92 valence electrons. The van der Waals surface area contributed by atoms with Crippen LogP contribution in [0.1, 0.15) is 66.2 Å². The van der Waals surface area contributed by atoms with Gasteiger partial charge in [-0.05, 0) is 44.8 Å². The van der Waals surface area contributed by atoms with Gasteiger partial charge in [0, 0.05) is 0 Å². The van der Waals surface area contributed by atoms with E-state index in [1.165, 1.54) is 58.2 Å². The minimum atomic E-state index is 0.918. The van der Waals surface area contributed by atoms with E-state index in [1.807, 2.05) is 0 Å². The smallest absolute Gasteiger partial charge is 0.00162 e. The van der Waals surface area contributed by atoms with Crippen molar-refractivity contribution in [2.24, 2.45) is 5.92 Å². The molecule has 0 aliphatic carbocycles. The lowest BCUT2D eigenvalue weighted by Gasteiger charge is -2.22. The molecule has 0 radical (unpaired) electrons. The summed E-state index contributed by atoms with van der Waals surface area (Å²) in [7, 11) is 0. The Morgan fingerprint density at radius 3 is 1.87 bits per heavy atom. The third kappa shape index (κ3) is 8.92. The second-order valence-electron chi connectivity index (χ2n) is 4.88. The molecule has 0 N–H and O–H groups in total. The monoisotopic (exact) mass is 213 g/mol. The average molecular weight is 213 g/mol. The van der Waals surface area contributed by atoms with Crippen LogP contribution >= 0.6 is 0 Å². The summed E-state index contributed by atoms with van der Waals surface area (Å²) in [5.74, 6) is 0.918. The Bertz CT molecular complexity index is 117. The summed E-state index contributed by atoms with van der Waals surface area (Å²) in [5.41, 5.74) is 0. The topological polar surface area (TPSA) is 3.24 Å². The van der Waals surface area contributed by atoms with E-state index < -0.39 is 0 Å². The van der Waals surface area contributed by atoms with Crippen LogP contribution in [0.15, 0.2) is 0 Å². The van der Waals surface area contributed by atoms with Crippen LogP contribution in [-0.2, 0) is 0 Å². The number of hydrogen-bond donors (Lipinski definition) is 0. The van der Waals surface area contributed by atoms with Crippen LogP contribution < -0.4 is 0 Å². The van der Waals surface area contributed by atoms with E-state index >= 15 is 0 Å². The van der Waals surface area contributed by atoms with Gasteiger partial charge in [0.2, 0.25) is 0 Å². The van der Waals surface area contributed by atoms with Crippen molar-refractivity contribution >= 4 is 0 Å². The van der Waals surface area contributed by atoms with Crippen molar-refractivity contribution < 1.29 is 0 Å². The number of hydrogen-bond acceptors (Lipinski definition) is 1. The van der Waals surface area contributed by atoms with E-state index in [-0.39, 0.29) is 0 Å². The molecule has 0 saturated heterocycles. The highest BCUT2D eigenvalue weighted by molar-refractivity contribution is 4.60. The van der Waals surface area contributed by atoms with Crippen molar-refractivity contribution in [3.8, 4) is 0 Å². The summed E-state index contributed by atoms with van der Waals surface area (Å²) in [5, 5.41) is 0. The first kappa shape index (κ1) is 15.0. The molecule has 0 aromatic carbocycles. The zero-order valence-electron chi connectivity index (χ0n) is 11.4. The Kier molecular flexibility index (Phi) is 10.4. The molecule has 0 saturated carbocycles. The first-order valence-electron chi connectivity index (χ1n) is 6.96. The summed E-state index contributed by atoms with van der Waals surface area (Å²) in [6.07, 6.45) is 8.15. The van der Waals surface area contributed by atoms with E-state index in [9.17, 15) is 0 Å². The SMILES string of the molecule is CCCC[C@@H](C)CCN(CCC)CCC. The molecule has 0 heterocycles. The summed E-state index contributed by atoms with van der Waals surface area (Å²) in [6.45, 7) is 13.1. The second-order valence-corrected chi connectivity index (χ2v) is 4.88. The molecule has 0 aromatic rings. The highest BCUT2D eigenvalue weighted by Gasteiger charge is 2.06. The molecule has 0 spiro atoms. The minimum absolute atomic E-state index is 0.918. The van der Waals surface area contributed by atoms with Gasteiger partial charge in [-0.3, -0.25) is 0 Å². The van der Waals surface area contributed by atoms with Gasteiger partial charge >= 0.3 is 0 Å². The summed E-state index contributed by atoms with van der Waals surface area (Å²) in [4.78, 5) is 2.63. The molecule has 0 aliphatic rings. The average Bonchev–Trinajstić information content (AvgIpc) is 2.23. The first-order chi connectivity index (χ1) is 7.24. The zero-order valence-corrected chi connectivity index (χ0v) is 11.4. The van der Waals surface area contributed by atoms with Gasteiger partial charge in [0.05, 0.1) is 0 Å². The molecular formula is C14H31N. The van der Waals surface area contributed by atoms with Crippen LogP contribution in [0.3, 0.4) is 0 Å². The van der Waals surface area contributed by atoms with Crippen LogP contribution in [0, 0.1) is 5.92 Å². The van der Waals surface area contributed by atoms with E-state index in [2.05, 4.69) is 32.6 Å². The normalized spacial score (nSPS) is 13.4. The Morgan fingerprint density at radius 2 is 1.40 bits per heavy atom. The van der Waals surface area contributed by atoms with Crippen molar-refractivity contribution in [3.63, 3.8) is 0 Å². The molecule has 1 nitrogen and oxygen atoms in total. The van der Waals surface area contributed by atoms with Crippen LogP contribution in [0.5, 0.6) is 0 Å². The summed E-state index contributed by atoms with van der Waals surface area (Å²) in [6, 6.07) is 0. The lowest BCUT2D eigenvalue weighted by molar-refractivity contribution is 0.251. The molecule has 0 unspecified atom stereocenters. The van der Waals surface area contributed by atoms with E-state index in [4.69, 9.17) is 0 Å². The number of rotatable bonds is 10. The highest BCUT2D eigenvalue weighted by atomic mass is 15.1. The van der Waals surface area contributed by atoms with E-state index in [0.29, 0.717) is 0 Å². The molecule has 1 atom stereocenters. The molecule has 0 amide bonds. The second kappa shape index (κ2) is 10.5. The van der Waals surface area contributed by atoms with Crippen LogP contribution in [0.2, 0.25) is 0 Å². The highest BCUT2D eigenvalue weighted by Crippen LogP contribution is 2.12. The maximum absolute atomic E-state index is 2.63. The van der Waals surface area contributed by atoms with Crippen molar-refractivity contribution in [2.75, 3.05) is 19.6 Å². The van der Waals surface area contributed by atoms with Crippen molar-refractivity contribution in [3.05, 3.63) is 0 Å². The van der Waals surface area contributed by atoms with Gasteiger partial charge in [-0.1, -0.05) is 47.0 Å². The molecule has 0 bridgehead atoms. The molecule has 1 heteroatoms. The fourth-order valence-corrected chi connectivity index (χ4v) is 2.07. The predicted molar refractivity (Wildman–Crippen MR) is 70.3 cm³/mol. The van der Waals surface area contributed by atoms with Crippen molar-refractivity contribution in [2.45, 2.75) is 66.2 Å². The van der Waals surface area contributed by atoms with E-state index in [1.54, 1.807) is 0 Å². The fourth-order valence-electron chi connectivity index (χ4n) is 2.07. The number of unbranched alkanes of at least 4 members (excludes halogenated alkanes) is 1. The maximum Gasteiger partial charge on any atom is -0.00162 e. The Labute approximate surface area is 97.2 Å². The fraction of sp³-hybridized carbons (Fsp3) is 1.00. The lowest BCUT2D eigenvalue weighted by atomic mass is 10.0. The maximum atomic E-state index is 2.63. The predicted octanol–water partition coefficient (Wildman–Crippen LogP) is 4.32. The van der Waals surface area contributed by atoms with Gasteiger partial charge in [0.15, 0.2) is 0 Å². The zero-order chi connectivity index (χ0) is 11.5. The summed E-state index contributed by atoms with van der Waals surface area (Å²) >= 11 is 0. The van der Waals surface area contributed by atoms with Crippen LogP contribution in [-0.4, -0.2) is 24.5 Å². The molecule has 0 fully saturated rings. The molecule has 15 heavy (non-hydrogen) atoms. The molecule has 0 aromatic heterocycles. The Hall–Kier alpha value is -0.0400. The quantitative estimate of drug-likeness (QED) is 0.522. The van der Waals surface area contributed by atoms with Crippen LogP contribution in [0.25, 0.3) is 0 Å². The van der Waals surface area contributed by atoms with Crippen molar-refractivity contribution in [1.29, 1.82) is 0 Å². The van der Waals surface area contributed by atoms with Gasteiger partial charge < -0.3 is 4.90 Å². The Balaban J connectivity index is 3.57. The van der Waals surface area contributed by atoms with Crippen LogP contribution in [0.4, 0.5) is 0 Å². The molecule has 0 rings (SSSR count). The summed E-state index contributed by atoms with van der Waals surface area (Å²) < 4.78 is 0. The number of nitrogens with zero attached hydrogens (tertiary/aromatic N) is 1. The lowest BCUT2D eigenvalue weighted by Crippen LogP contribution is -2.27. The molecule has 0 aliphatic heterocycles. The van der Waals surface area contributed by atoms with Gasteiger partial charge in [0.1, 0.15) is 0 Å². The minimum Gasteiger partial charge on any atom is -0.303 e. The van der Waals surface area contributed by atoms with Gasteiger partial charge in [-0.15, -0.1) is 0 Å². The third-order valence-corrected chi connectivity index (χ3v) is 3.07. The molecular weight excluding hydrogens is 182 g/mol. The third-order valence-electron chi connectivity index (χ3n) is 3.07. The largest absolute Gasteiger partial charge is 0.303 e. The van der Waals surface area contributed by atoms with Gasteiger partial charge in [0.25, 0.3) is 0 Å². The van der Waals surface area contributed by atoms with Crippen molar-refractivity contribution in [1.82, 2.24) is 4.90 Å². The van der Waals surface area contributed by atoms with Gasteiger partial charge in [-0.25, -0.2) is 0 Å².